The molecule has 0 bridgehead atoms. The van der Waals surface area contributed by atoms with Crippen molar-refractivity contribution in [3.8, 4) is 28.8 Å². The lowest BCUT2D eigenvalue weighted by Crippen LogP contribution is -2.42. The summed E-state index contributed by atoms with van der Waals surface area (Å²) in [5, 5.41) is 14.7. The minimum Gasteiger partial charge on any atom is -0.494 e. The highest BCUT2D eigenvalue weighted by Crippen LogP contribution is 2.32. The molecule has 0 radical (unpaired) electrons. The number of carbonyl (C=O) groups excluding carboxylic acids is 2. The molecule has 1 aromatic heterocycles. The zero-order valence-corrected chi connectivity index (χ0v) is 24.3. The molecule has 0 saturated heterocycles. The predicted molar refractivity (Wildman–Crippen MR) is 162 cm³/mol. The second-order valence-corrected chi connectivity index (χ2v) is 10.8. The summed E-state index contributed by atoms with van der Waals surface area (Å²) < 4.78 is 21.1. The van der Waals surface area contributed by atoms with Crippen LogP contribution in [-0.2, 0) is 16.1 Å². The molecule has 5 rings (SSSR count). The van der Waals surface area contributed by atoms with Crippen molar-refractivity contribution in [2.24, 2.45) is 5.92 Å². The number of hydrogen-bond acceptors (Lipinski definition) is 5. The summed E-state index contributed by atoms with van der Waals surface area (Å²) in [6.07, 6.45) is 4.44. The Kier molecular flexibility index (Phi) is 8.63. The predicted octanol–water partition coefficient (Wildman–Crippen LogP) is 6.90. The topological polar surface area (TPSA) is 88.2 Å². The Bertz CT molecular complexity index is 1750. The van der Waals surface area contributed by atoms with E-state index in [4.69, 9.17) is 9.84 Å². The van der Waals surface area contributed by atoms with E-state index in [1.54, 1.807) is 17.7 Å². The quantitative estimate of drug-likeness (QED) is 0.160. The zero-order valence-electron chi connectivity index (χ0n) is 24.3. The normalized spacial score (nSPS) is 14.5. The molecule has 3 aromatic carbocycles. The smallest absolute Gasteiger partial charge is 0.271 e. The first kappa shape index (κ1) is 29.2. The highest BCUT2D eigenvalue weighted by atomic mass is 19.1. The van der Waals surface area contributed by atoms with Crippen LogP contribution >= 0.6 is 0 Å². The van der Waals surface area contributed by atoms with Gasteiger partial charge in [0, 0.05) is 22.9 Å². The summed E-state index contributed by atoms with van der Waals surface area (Å²) in [4.78, 5) is 28.0. The van der Waals surface area contributed by atoms with E-state index in [1.165, 1.54) is 24.3 Å². The van der Waals surface area contributed by atoms with Gasteiger partial charge in [-0.2, -0.15) is 10.4 Å². The number of halogens is 1. The Morgan fingerprint density at radius 3 is 2.33 bits per heavy atom. The van der Waals surface area contributed by atoms with E-state index in [-0.39, 0.29) is 17.7 Å². The average molecular weight is 575 g/mol. The highest BCUT2D eigenvalue weighted by molar-refractivity contribution is 6.19. The molecular formula is C35H31FN4O3. The first-order valence-electron chi connectivity index (χ1n) is 14.1. The molecule has 1 aliphatic rings. The van der Waals surface area contributed by atoms with Gasteiger partial charge < -0.3 is 4.74 Å². The van der Waals surface area contributed by atoms with Crippen molar-refractivity contribution < 1.29 is 18.7 Å². The van der Waals surface area contributed by atoms with E-state index in [9.17, 15) is 19.2 Å². The Morgan fingerprint density at radius 2 is 1.67 bits per heavy atom. The largest absolute Gasteiger partial charge is 0.494 e. The summed E-state index contributed by atoms with van der Waals surface area (Å²) in [5.74, 6) is -0.355. The van der Waals surface area contributed by atoms with E-state index >= 15 is 0 Å². The number of benzene rings is 3. The summed E-state index contributed by atoms with van der Waals surface area (Å²) in [6, 6.07) is 24.7. The third kappa shape index (κ3) is 6.47. The van der Waals surface area contributed by atoms with Crippen molar-refractivity contribution in [1.29, 1.82) is 5.26 Å². The van der Waals surface area contributed by atoms with Crippen LogP contribution in [0.1, 0.15) is 38.3 Å². The molecule has 0 atom stereocenters. The van der Waals surface area contributed by atoms with Crippen molar-refractivity contribution >= 4 is 17.9 Å². The van der Waals surface area contributed by atoms with Crippen LogP contribution < -0.4 is 4.74 Å². The number of ether oxygens (including phenoxy) is 1. The molecule has 2 heterocycles. The Balaban J connectivity index is 1.56. The standard InChI is InChI=1S/C35H31FN4O3/c1-23(2)17-18-43-30-15-11-26(12-16-30)33-27(22-40(38-33)29-7-5-4-6-8-29)19-31-24(3)32(20-37)35(42)39(34(31)41)21-25-9-13-28(36)14-10-25/h4-16,19,22-23H,17-18,21H2,1-3H3/b31-19+. The summed E-state index contributed by atoms with van der Waals surface area (Å²) in [5.41, 5.74) is 3.83. The van der Waals surface area contributed by atoms with Gasteiger partial charge >= 0.3 is 0 Å². The maximum Gasteiger partial charge on any atom is 0.271 e. The summed E-state index contributed by atoms with van der Waals surface area (Å²) >= 11 is 0. The van der Waals surface area contributed by atoms with Crippen molar-refractivity contribution in [2.45, 2.75) is 33.7 Å². The molecule has 8 heteroatoms. The minimum absolute atomic E-state index is 0.0951. The molecule has 216 valence electrons. The number of carbonyl (C=O) groups is 2. The fraction of sp³-hybridized carbons (Fsp3) is 0.200. The fourth-order valence-corrected chi connectivity index (χ4v) is 4.75. The van der Waals surface area contributed by atoms with E-state index in [2.05, 4.69) is 13.8 Å². The van der Waals surface area contributed by atoms with Gasteiger partial charge in [-0.3, -0.25) is 14.5 Å². The lowest BCUT2D eigenvalue weighted by Gasteiger charge is -2.27. The number of amides is 2. The third-order valence-corrected chi connectivity index (χ3v) is 7.23. The van der Waals surface area contributed by atoms with Gasteiger partial charge in [-0.15, -0.1) is 0 Å². The second kappa shape index (κ2) is 12.7. The zero-order chi connectivity index (χ0) is 30.5. The van der Waals surface area contributed by atoms with Crippen molar-refractivity contribution in [1.82, 2.24) is 14.7 Å². The number of imide groups is 1. The van der Waals surface area contributed by atoms with Crippen molar-refractivity contribution in [3.63, 3.8) is 0 Å². The number of para-hydroxylation sites is 1. The van der Waals surface area contributed by atoms with Gasteiger partial charge in [0.05, 0.1) is 24.5 Å². The Morgan fingerprint density at radius 1 is 0.977 bits per heavy atom. The van der Waals surface area contributed by atoms with E-state index in [0.29, 0.717) is 34.9 Å². The molecule has 4 aromatic rings. The highest BCUT2D eigenvalue weighted by Gasteiger charge is 2.35. The maximum absolute atomic E-state index is 13.8. The van der Waals surface area contributed by atoms with Crippen LogP contribution in [0.3, 0.4) is 0 Å². The molecule has 0 fully saturated rings. The molecule has 2 amide bonds. The Labute approximate surface area is 250 Å². The minimum atomic E-state index is -0.681. The van der Waals surface area contributed by atoms with Crippen LogP contribution in [0.4, 0.5) is 4.39 Å². The van der Waals surface area contributed by atoms with Crippen molar-refractivity contribution in [3.05, 3.63) is 119 Å². The van der Waals surface area contributed by atoms with E-state index in [1.807, 2.05) is 66.9 Å². The van der Waals surface area contributed by atoms with Crippen LogP contribution in [0.2, 0.25) is 0 Å². The van der Waals surface area contributed by atoms with Crippen molar-refractivity contribution in [2.75, 3.05) is 6.61 Å². The van der Waals surface area contributed by atoms with Gasteiger partial charge in [-0.25, -0.2) is 9.07 Å². The molecule has 0 saturated carbocycles. The third-order valence-electron chi connectivity index (χ3n) is 7.23. The van der Waals surface area contributed by atoms with Gasteiger partial charge in [0.25, 0.3) is 11.8 Å². The summed E-state index contributed by atoms with van der Waals surface area (Å²) in [6.45, 7) is 6.43. The van der Waals surface area contributed by atoms with Gasteiger partial charge in [0.1, 0.15) is 23.2 Å². The molecular weight excluding hydrogens is 543 g/mol. The monoisotopic (exact) mass is 574 g/mol. The number of nitriles is 1. The van der Waals surface area contributed by atoms with Crippen LogP contribution in [-0.4, -0.2) is 33.1 Å². The molecule has 7 nitrogen and oxygen atoms in total. The first-order chi connectivity index (χ1) is 20.7. The van der Waals surface area contributed by atoms with Crippen LogP contribution in [0.15, 0.2) is 102 Å². The number of nitrogens with zero attached hydrogens (tertiary/aromatic N) is 4. The number of rotatable bonds is 9. The lowest BCUT2D eigenvalue weighted by molar-refractivity contribution is -0.141. The van der Waals surface area contributed by atoms with Crippen LogP contribution in [0.25, 0.3) is 23.0 Å². The van der Waals surface area contributed by atoms with Crippen LogP contribution in [0.5, 0.6) is 5.75 Å². The number of aromatic nitrogens is 2. The molecule has 0 N–H and O–H groups in total. The van der Waals surface area contributed by atoms with Gasteiger partial charge in [0.15, 0.2) is 0 Å². The molecule has 43 heavy (non-hydrogen) atoms. The van der Waals surface area contributed by atoms with E-state index < -0.39 is 17.6 Å². The average Bonchev–Trinajstić information content (AvgIpc) is 3.43. The van der Waals surface area contributed by atoms with Gasteiger partial charge in [0.2, 0.25) is 0 Å². The SMILES string of the molecule is CC1=C(C#N)C(=O)N(Cc2ccc(F)cc2)C(=O)/C1=C/c1cn(-c2ccccc2)nc1-c1ccc(OCCC(C)C)cc1. The Hall–Kier alpha value is -5.29. The van der Waals surface area contributed by atoms with Gasteiger partial charge in [-0.1, -0.05) is 44.2 Å². The molecule has 0 aliphatic carbocycles. The van der Waals surface area contributed by atoms with Gasteiger partial charge in [-0.05, 0) is 85.0 Å². The number of hydrogen-bond donors (Lipinski definition) is 0. The van der Waals surface area contributed by atoms with E-state index in [0.717, 1.165) is 28.3 Å². The maximum atomic E-state index is 13.8. The molecule has 0 spiro atoms. The summed E-state index contributed by atoms with van der Waals surface area (Å²) in [7, 11) is 0. The second-order valence-electron chi connectivity index (χ2n) is 10.8. The lowest BCUT2D eigenvalue weighted by atomic mass is 9.93. The van der Waals surface area contributed by atoms with Crippen LogP contribution in [0, 0.1) is 23.1 Å². The molecule has 1 aliphatic heterocycles. The fourth-order valence-electron chi connectivity index (χ4n) is 4.75. The first-order valence-corrected chi connectivity index (χ1v) is 14.1. The molecule has 0 unspecified atom stereocenters.